The molecule has 1 atom stereocenters. The van der Waals surface area contributed by atoms with E-state index in [4.69, 9.17) is 10.1 Å². The first-order valence-electron chi connectivity index (χ1n) is 11.6. The first-order chi connectivity index (χ1) is 14.4. The number of unbranched alkanes of at least 4 members (excludes halogenated alkanes) is 1. The van der Waals surface area contributed by atoms with E-state index in [0.717, 1.165) is 24.3 Å². The minimum absolute atomic E-state index is 0.568. The van der Waals surface area contributed by atoms with Gasteiger partial charge in [0.05, 0.1) is 11.3 Å². The van der Waals surface area contributed by atoms with E-state index in [9.17, 15) is 0 Å². The Balaban J connectivity index is 1.97. The average Bonchev–Trinajstić information content (AvgIpc) is 3.18. The molecule has 0 amide bonds. The molecule has 1 aliphatic heterocycles. The smallest absolute Gasteiger partial charge is 0.165 e. The summed E-state index contributed by atoms with van der Waals surface area (Å²) in [5.41, 5.74) is 11.0. The number of rotatable bonds is 6. The van der Waals surface area contributed by atoms with Crippen LogP contribution in [0.3, 0.4) is 0 Å². The SMILES string of the molecule is CCCCN1c2c(c(C)nc3c(-c4c(C)cc(C)cc4C)c(C)nn23)CC1CCC. The second-order valence-electron chi connectivity index (χ2n) is 9.16. The third kappa shape index (κ3) is 3.30. The quantitative estimate of drug-likeness (QED) is 0.485. The summed E-state index contributed by atoms with van der Waals surface area (Å²) >= 11 is 0. The van der Waals surface area contributed by atoms with Crippen LogP contribution < -0.4 is 4.90 Å². The van der Waals surface area contributed by atoms with Crippen LogP contribution in [0.4, 0.5) is 5.82 Å². The van der Waals surface area contributed by atoms with Crippen LogP contribution in [0.5, 0.6) is 0 Å². The molecule has 1 aliphatic rings. The van der Waals surface area contributed by atoms with Gasteiger partial charge in [-0.15, -0.1) is 0 Å². The summed E-state index contributed by atoms with van der Waals surface area (Å²) < 4.78 is 2.16. The number of aryl methyl sites for hydroxylation is 5. The summed E-state index contributed by atoms with van der Waals surface area (Å²) in [6, 6.07) is 5.12. The summed E-state index contributed by atoms with van der Waals surface area (Å²) in [7, 11) is 0. The van der Waals surface area contributed by atoms with Crippen LogP contribution in [-0.4, -0.2) is 27.2 Å². The maximum atomic E-state index is 5.13. The lowest BCUT2D eigenvalue weighted by atomic mass is 9.94. The molecular weight excluding hydrogens is 368 g/mol. The number of aromatic nitrogens is 3. The van der Waals surface area contributed by atoms with Crippen LogP contribution in [0.15, 0.2) is 12.1 Å². The topological polar surface area (TPSA) is 33.4 Å². The highest BCUT2D eigenvalue weighted by Gasteiger charge is 2.34. The van der Waals surface area contributed by atoms with Crippen LogP contribution in [0.25, 0.3) is 16.8 Å². The largest absolute Gasteiger partial charge is 0.353 e. The molecule has 4 heteroatoms. The monoisotopic (exact) mass is 404 g/mol. The van der Waals surface area contributed by atoms with Crippen molar-refractivity contribution in [3.63, 3.8) is 0 Å². The standard InChI is InChI=1S/C26H36N4/c1-8-10-12-29-21(11-9-2)15-22-19(6)27-25-24(20(7)28-30(25)26(22)29)23-17(4)13-16(3)14-18(23)5/h13-14,21H,8-12,15H2,1-7H3. The number of fused-ring (bicyclic) bond motifs is 3. The van der Waals surface area contributed by atoms with Crippen molar-refractivity contribution in [2.45, 2.75) is 86.6 Å². The van der Waals surface area contributed by atoms with Gasteiger partial charge in [-0.05, 0) is 70.6 Å². The molecule has 160 valence electrons. The van der Waals surface area contributed by atoms with E-state index in [1.807, 2.05) is 0 Å². The molecule has 0 radical (unpaired) electrons. The third-order valence-electron chi connectivity index (χ3n) is 6.67. The van der Waals surface area contributed by atoms with Gasteiger partial charge in [0.25, 0.3) is 0 Å². The van der Waals surface area contributed by atoms with Crippen molar-refractivity contribution in [2.24, 2.45) is 0 Å². The Morgan fingerprint density at radius 1 is 0.933 bits per heavy atom. The molecule has 0 fully saturated rings. The fraction of sp³-hybridized carbons (Fsp3) is 0.538. The van der Waals surface area contributed by atoms with E-state index in [0.29, 0.717) is 6.04 Å². The van der Waals surface area contributed by atoms with Crippen molar-refractivity contribution in [3.05, 3.63) is 45.8 Å². The number of benzene rings is 1. The van der Waals surface area contributed by atoms with Gasteiger partial charge in [-0.2, -0.15) is 9.61 Å². The molecule has 0 saturated carbocycles. The maximum Gasteiger partial charge on any atom is 0.165 e. The minimum atomic E-state index is 0.568. The molecule has 3 heterocycles. The van der Waals surface area contributed by atoms with Crippen molar-refractivity contribution in [1.82, 2.24) is 14.6 Å². The maximum absolute atomic E-state index is 5.13. The highest BCUT2D eigenvalue weighted by Crippen LogP contribution is 2.40. The summed E-state index contributed by atoms with van der Waals surface area (Å²) in [5, 5.41) is 5.07. The molecule has 0 N–H and O–H groups in total. The molecule has 0 spiro atoms. The van der Waals surface area contributed by atoms with Crippen LogP contribution in [-0.2, 0) is 6.42 Å². The van der Waals surface area contributed by atoms with Gasteiger partial charge in [0.1, 0.15) is 5.82 Å². The van der Waals surface area contributed by atoms with E-state index >= 15 is 0 Å². The predicted molar refractivity (Wildman–Crippen MR) is 127 cm³/mol. The van der Waals surface area contributed by atoms with Gasteiger partial charge in [-0.1, -0.05) is 44.4 Å². The summed E-state index contributed by atoms with van der Waals surface area (Å²) in [6.07, 6.45) is 5.96. The molecular formula is C26H36N4. The van der Waals surface area contributed by atoms with Crippen molar-refractivity contribution < 1.29 is 0 Å². The molecule has 0 aliphatic carbocycles. The molecule has 2 aromatic heterocycles. The number of nitrogens with zero attached hydrogens (tertiary/aromatic N) is 4. The van der Waals surface area contributed by atoms with Gasteiger partial charge in [-0.3, -0.25) is 0 Å². The number of hydrogen-bond donors (Lipinski definition) is 0. The Labute approximate surface area is 181 Å². The lowest BCUT2D eigenvalue weighted by Gasteiger charge is -2.27. The van der Waals surface area contributed by atoms with Gasteiger partial charge in [0.2, 0.25) is 0 Å². The summed E-state index contributed by atoms with van der Waals surface area (Å²) in [5.74, 6) is 1.29. The van der Waals surface area contributed by atoms with Crippen LogP contribution in [0, 0.1) is 34.6 Å². The Morgan fingerprint density at radius 2 is 1.63 bits per heavy atom. The van der Waals surface area contributed by atoms with Crippen molar-refractivity contribution >= 4 is 11.5 Å². The van der Waals surface area contributed by atoms with Crippen molar-refractivity contribution in [3.8, 4) is 11.1 Å². The van der Waals surface area contributed by atoms with E-state index in [1.165, 1.54) is 70.6 Å². The van der Waals surface area contributed by atoms with Gasteiger partial charge in [0, 0.05) is 23.8 Å². The second-order valence-corrected chi connectivity index (χ2v) is 9.16. The molecule has 0 saturated heterocycles. The molecule has 0 bridgehead atoms. The Hall–Kier alpha value is -2.36. The Kier molecular flexibility index (Phi) is 5.61. The van der Waals surface area contributed by atoms with Gasteiger partial charge in [-0.25, -0.2) is 4.98 Å². The molecule has 4 rings (SSSR count). The summed E-state index contributed by atoms with van der Waals surface area (Å²) in [4.78, 5) is 7.77. The second kappa shape index (κ2) is 8.05. The zero-order valence-corrected chi connectivity index (χ0v) is 19.8. The Bertz CT molecular complexity index is 1070. The van der Waals surface area contributed by atoms with Crippen LogP contribution >= 0.6 is 0 Å². The third-order valence-corrected chi connectivity index (χ3v) is 6.67. The number of hydrogen-bond acceptors (Lipinski definition) is 3. The van der Waals surface area contributed by atoms with Crippen molar-refractivity contribution in [2.75, 3.05) is 11.4 Å². The Morgan fingerprint density at radius 3 is 2.27 bits per heavy atom. The van der Waals surface area contributed by atoms with E-state index in [1.54, 1.807) is 0 Å². The molecule has 3 aromatic rings. The fourth-order valence-electron chi connectivity index (χ4n) is 5.41. The zero-order chi connectivity index (χ0) is 21.6. The fourth-order valence-corrected chi connectivity index (χ4v) is 5.41. The van der Waals surface area contributed by atoms with E-state index < -0.39 is 0 Å². The average molecular weight is 405 g/mol. The first kappa shape index (κ1) is 20.9. The van der Waals surface area contributed by atoms with Gasteiger partial charge in [0.15, 0.2) is 5.65 Å². The number of anilines is 1. The highest BCUT2D eigenvalue weighted by atomic mass is 15.4. The van der Waals surface area contributed by atoms with E-state index in [-0.39, 0.29) is 0 Å². The zero-order valence-electron chi connectivity index (χ0n) is 19.8. The molecule has 4 nitrogen and oxygen atoms in total. The minimum Gasteiger partial charge on any atom is -0.353 e. The van der Waals surface area contributed by atoms with E-state index in [2.05, 4.69) is 70.0 Å². The lowest BCUT2D eigenvalue weighted by molar-refractivity contribution is 0.551. The normalized spacial score (nSPS) is 16.0. The predicted octanol–water partition coefficient (Wildman–Crippen LogP) is 6.27. The van der Waals surface area contributed by atoms with Crippen LogP contribution in [0.2, 0.25) is 0 Å². The lowest BCUT2D eigenvalue weighted by Crippen LogP contribution is -2.33. The first-order valence-corrected chi connectivity index (χ1v) is 11.6. The summed E-state index contributed by atoms with van der Waals surface area (Å²) in [6.45, 7) is 16.6. The van der Waals surface area contributed by atoms with Crippen molar-refractivity contribution in [1.29, 1.82) is 0 Å². The molecule has 1 unspecified atom stereocenters. The molecule has 30 heavy (non-hydrogen) atoms. The van der Waals surface area contributed by atoms with Crippen LogP contribution in [0.1, 0.15) is 73.2 Å². The van der Waals surface area contributed by atoms with Gasteiger partial charge >= 0.3 is 0 Å². The molecule has 1 aromatic carbocycles. The van der Waals surface area contributed by atoms with Gasteiger partial charge < -0.3 is 4.90 Å². The highest BCUT2D eigenvalue weighted by molar-refractivity contribution is 5.85.